The molecule has 1 amide bonds. The van der Waals surface area contributed by atoms with Crippen LogP contribution in [0, 0.1) is 5.92 Å². The van der Waals surface area contributed by atoms with Crippen molar-refractivity contribution < 1.29 is 9.90 Å². The maximum atomic E-state index is 11.4. The van der Waals surface area contributed by atoms with Crippen LogP contribution in [-0.2, 0) is 6.42 Å². The molecular weight excluding hydrogens is 228 g/mol. The Bertz CT molecular complexity index is 475. The fourth-order valence-electron chi connectivity index (χ4n) is 3.28. The lowest BCUT2D eigenvalue weighted by Gasteiger charge is -2.44. The zero-order chi connectivity index (χ0) is 12.7. The highest BCUT2D eigenvalue weighted by Gasteiger charge is 2.38. The van der Waals surface area contributed by atoms with Crippen LogP contribution in [0.4, 0.5) is 4.79 Å². The van der Waals surface area contributed by atoms with E-state index in [0.29, 0.717) is 12.5 Å². The smallest absolute Gasteiger partial charge is 0.408 e. The molecule has 0 saturated carbocycles. The van der Waals surface area contributed by atoms with Crippen LogP contribution in [0.25, 0.3) is 0 Å². The van der Waals surface area contributed by atoms with Crippen LogP contribution >= 0.6 is 0 Å². The molecule has 18 heavy (non-hydrogen) atoms. The Labute approximate surface area is 107 Å². The molecule has 3 unspecified atom stereocenters. The second kappa shape index (κ2) is 4.28. The van der Waals surface area contributed by atoms with Crippen molar-refractivity contribution in [1.82, 2.24) is 10.2 Å². The van der Waals surface area contributed by atoms with Gasteiger partial charge in [-0.2, -0.15) is 0 Å². The van der Waals surface area contributed by atoms with Crippen molar-refractivity contribution in [2.45, 2.75) is 25.4 Å². The van der Waals surface area contributed by atoms with E-state index in [1.807, 2.05) is 6.07 Å². The first kappa shape index (κ1) is 11.5. The van der Waals surface area contributed by atoms with E-state index in [1.54, 1.807) is 4.90 Å². The predicted octanol–water partition coefficient (Wildman–Crippen LogP) is 1.87. The summed E-state index contributed by atoms with van der Waals surface area (Å²) in [5.74, 6) is 0.574. The number of carbonyl (C=O) groups is 1. The summed E-state index contributed by atoms with van der Waals surface area (Å²) < 4.78 is 0. The number of benzene rings is 1. The number of nitrogens with one attached hydrogen (secondary N) is 1. The molecule has 3 atom stereocenters. The first-order valence-electron chi connectivity index (χ1n) is 6.47. The Balaban J connectivity index is 2.04. The third kappa shape index (κ3) is 1.77. The van der Waals surface area contributed by atoms with E-state index in [4.69, 9.17) is 0 Å². The lowest BCUT2D eigenvalue weighted by molar-refractivity contribution is 0.0654. The highest BCUT2D eigenvalue weighted by Crippen LogP contribution is 2.32. The summed E-state index contributed by atoms with van der Waals surface area (Å²) in [6.07, 6.45) is 0.0490. The van der Waals surface area contributed by atoms with E-state index < -0.39 is 6.09 Å². The molecule has 96 valence electrons. The molecule has 1 fully saturated rings. The number of hydrogen-bond donors (Lipinski definition) is 2. The van der Waals surface area contributed by atoms with E-state index in [2.05, 4.69) is 30.4 Å². The average molecular weight is 246 g/mol. The van der Waals surface area contributed by atoms with Gasteiger partial charge in [-0.1, -0.05) is 31.2 Å². The zero-order valence-corrected chi connectivity index (χ0v) is 10.5. The fourth-order valence-corrected chi connectivity index (χ4v) is 3.28. The van der Waals surface area contributed by atoms with Crippen LogP contribution in [0.5, 0.6) is 0 Å². The molecule has 0 spiro atoms. The molecule has 2 bridgehead atoms. The average Bonchev–Trinajstić information content (AvgIpc) is 2.36. The zero-order valence-electron chi connectivity index (χ0n) is 10.5. The minimum Gasteiger partial charge on any atom is -0.465 e. The number of amides is 1. The summed E-state index contributed by atoms with van der Waals surface area (Å²) >= 11 is 0. The minimum absolute atomic E-state index is 0.0970. The van der Waals surface area contributed by atoms with Gasteiger partial charge in [0.25, 0.3) is 0 Å². The summed E-state index contributed by atoms with van der Waals surface area (Å²) in [5.41, 5.74) is 2.66. The number of carboxylic acid groups (broad SMARTS) is 1. The molecule has 3 aliphatic heterocycles. The Hall–Kier alpha value is -1.55. The maximum Gasteiger partial charge on any atom is 0.408 e. The largest absolute Gasteiger partial charge is 0.465 e. The highest BCUT2D eigenvalue weighted by atomic mass is 16.4. The van der Waals surface area contributed by atoms with E-state index in [9.17, 15) is 9.90 Å². The lowest BCUT2D eigenvalue weighted by Crippen LogP contribution is -2.60. The SMILES string of the molecule is CC1c2ccccc2CC2CNC1N(C(=O)O)C2. The molecule has 1 saturated heterocycles. The van der Waals surface area contributed by atoms with E-state index in [0.717, 1.165) is 13.0 Å². The van der Waals surface area contributed by atoms with E-state index in [1.165, 1.54) is 11.1 Å². The third-order valence-electron chi connectivity index (χ3n) is 4.18. The first-order valence-corrected chi connectivity index (χ1v) is 6.47. The van der Waals surface area contributed by atoms with Gasteiger partial charge in [-0.25, -0.2) is 4.79 Å². The molecule has 4 heteroatoms. The predicted molar refractivity (Wildman–Crippen MR) is 68.6 cm³/mol. The fraction of sp³-hybridized carbons (Fsp3) is 0.500. The molecule has 4 nitrogen and oxygen atoms in total. The Kier molecular flexibility index (Phi) is 2.74. The molecule has 1 aromatic carbocycles. The van der Waals surface area contributed by atoms with Gasteiger partial charge < -0.3 is 5.11 Å². The first-order chi connectivity index (χ1) is 8.66. The topological polar surface area (TPSA) is 52.6 Å². The summed E-state index contributed by atoms with van der Waals surface area (Å²) in [7, 11) is 0. The van der Waals surface area contributed by atoms with Crippen LogP contribution in [0.3, 0.4) is 0 Å². The highest BCUT2D eigenvalue weighted by molar-refractivity contribution is 5.66. The molecule has 3 heterocycles. The van der Waals surface area contributed by atoms with Gasteiger partial charge in [-0.15, -0.1) is 0 Å². The molecule has 0 aliphatic carbocycles. The Morgan fingerprint density at radius 1 is 1.44 bits per heavy atom. The molecule has 0 aromatic heterocycles. The maximum absolute atomic E-state index is 11.4. The van der Waals surface area contributed by atoms with Gasteiger partial charge in [0, 0.05) is 19.0 Å². The molecule has 1 aromatic rings. The normalized spacial score (nSPS) is 30.5. The number of hydrogen-bond acceptors (Lipinski definition) is 2. The quantitative estimate of drug-likeness (QED) is 0.734. The molecular formula is C14H18N2O2. The summed E-state index contributed by atoms with van der Waals surface area (Å²) in [4.78, 5) is 12.9. The second-order valence-electron chi connectivity index (χ2n) is 5.35. The third-order valence-corrected chi connectivity index (χ3v) is 4.18. The number of fused-ring (bicyclic) bond motifs is 2. The number of nitrogens with zero attached hydrogens (tertiary/aromatic N) is 1. The summed E-state index contributed by atoms with van der Waals surface area (Å²) in [6, 6.07) is 8.42. The molecule has 2 N–H and O–H groups in total. The van der Waals surface area contributed by atoms with Crippen LogP contribution < -0.4 is 5.32 Å². The van der Waals surface area contributed by atoms with Crippen LogP contribution in [0.1, 0.15) is 24.0 Å². The van der Waals surface area contributed by atoms with Crippen molar-refractivity contribution in [3.63, 3.8) is 0 Å². The van der Waals surface area contributed by atoms with Crippen molar-refractivity contribution in [1.29, 1.82) is 0 Å². The molecule has 3 aliphatic rings. The Morgan fingerprint density at radius 2 is 2.22 bits per heavy atom. The van der Waals surface area contributed by atoms with Crippen LogP contribution in [-0.4, -0.2) is 35.4 Å². The van der Waals surface area contributed by atoms with Crippen molar-refractivity contribution >= 4 is 6.09 Å². The van der Waals surface area contributed by atoms with Gasteiger partial charge in [0.15, 0.2) is 0 Å². The molecule has 4 rings (SSSR count). The lowest BCUT2D eigenvalue weighted by atomic mass is 9.83. The van der Waals surface area contributed by atoms with Crippen LogP contribution in [0.15, 0.2) is 24.3 Å². The number of rotatable bonds is 0. The second-order valence-corrected chi connectivity index (χ2v) is 5.35. The summed E-state index contributed by atoms with van der Waals surface area (Å²) in [5, 5.41) is 12.7. The molecule has 0 radical (unpaired) electrons. The van der Waals surface area contributed by atoms with E-state index >= 15 is 0 Å². The van der Waals surface area contributed by atoms with Crippen LogP contribution in [0.2, 0.25) is 0 Å². The van der Waals surface area contributed by atoms with Gasteiger partial charge >= 0.3 is 6.09 Å². The monoisotopic (exact) mass is 246 g/mol. The van der Waals surface area contributed by atoms with Crippen molar-refractivity contribution in [2.75, 3.05) is 13.1 Å². The summed E-state index contributed by atoms with van der Waals surface area (Å²) in [6.45, 7) is 3.66. The van der Waals surface area contributed by atoms with Gasteiger partial charge in [0.2, 0.25) is 0 Å². The standard InChI is InChI=1S/C14H18N2O2/c1-9-12-5-3-2-4-11(12)6-10-7-15-13(9)16(8-10)14(17)18/h2-5,9-10,13,15H,6-8H2,1H3,(H,17,18). The van der Waals surface area contributed by atoms with Crippen molar-refractivity contribution in [2.24, 2.45) is 5.92 Å². The minimum atomic E-state index is -0.816. The van der Waals surface area contributed by atoms with Crippen molar-refractivity contribution in [3.8, 4) is 0 Å². The van der Waals surface area contributed by atoms with Gasteiger partial charge in [-0.3, -0.25) is 10.2 Å². The van der Waals surface area contributed by atoms with Gasteiger partial charge in [-0.05, 0) is 23.5 Å². The van der Waals surface area contributed by atoms with E-state index in [-0.39, 0.29) is 12.1 Å². The Morgan fingerprint density at radius 3 is 3.00 bits per heavy atom. The van der Waals surface area contributed by atoms with Crippen molar-refractivity contribution in [3.05, 3.63) is 35.4 Å². The van der Waals surface area contributed by atoms with Gasteiger partial charge in [0.1, 0.15) is 0 Å². The van der Waals surface area contributed by atoms with Gasteiger partial charge in [0.05, 0.1) is 6.17 Å².